The Balaban J connectivity index is 1.59. The number of hydrogen-bond donors (Lipinski definition) is 0. The van der Waals surface area contributed by atoms with Crippen LogP contribution in [0.4, 0.5) is 0 Å². The molecule has 1 aliphatic rings. The Labute approximate surface area is 203 Å². The summed E-state index contributed by atoms with van der Waals surface area (Å²) in [7, 11) is 1.52. The Morgan fingerprint density at radius 3 is 2.56 bits per heavy atom. The number of nitrogens with zero attached hydrogens (tertiary/aromatic N) is 1. The number of carbonyl (C=O) groups is 1. The number of methoxy groups -OCH3 is 1. The zero-order valence-corrected chi connectivity index (χ0v) is 19.9. The van der Waals surface area contributed by atoms with Crippen LogP contribution in [0.15, 0.2) is 75.8 Å². The maximum atomic E-state index is 12.3. The van der Waals surface area contributed by atoms with E-state index in [0.717, 1.165) is 10.0 Å². The number of rotatable bonds is 6. The summed E-state index contributed by atoms with van der Waals surface area (Å²) in [5.74, 6) is 0.515. The Morgan fingerprint density at radius 2 is 1.84 bits per heavy atom. The van der Waals surface area contributed by atoms with Crippen molar-refractivity contribution in [1.82, 2.24) is 0 Å². The van der Waals surface area contributed by atoms with E-state index in [1.165, 1.54) is 7.11 Å². The Morgan fingerprint density at radius 1 is 1.09 bits per heavy atom. The van der Waals surface area contributed by atoms with Crippen molar-refractivity contribution in [2.24, 2.45) is 4.99 Å². The van der Waals surface area contributed by atoms with E-state index in [-0.39, 0.29) is 11.6 Å². The molecule has 3 aromatic rings. The van der Waals surface area contributed by atoms with E-state index in [9.17, 15) is 4.79 Å². The molecule has 32 heavy (non-hydrogen) atoms. The first kappa shape index (κ1) is 22.4. The Bertz CT molecular complexity index is 1240. The Kier molecular flexibility index (Phi) is 6.84. The van der Waals surface area contributed by atoms with E-state index in [1.54, 1.807) is 30.3 Å². The van der Waals surface area contributed by atoms with E-state index in [0.29, 0.717) is 39.3 Å². The molecule has 0 aromatic heterocycles. The number of cyclic esters (lactones) is 1. The summed E-state index contributed by atoms with van der Waals surface area (Å²) in [5.41, 5.74) is 2.39. The van der Waals surface area contributed by atoms with Crippen molar-refractivity contribution in [2.45, 2.75) is 6.61 Å². The molecule has 4 rings (SSSR count). The first-order valence-electron chi connectivity index (χ1n) is 9.47. The van der Waals surface area contributed by atoms with Gasteiger partial charge in [0.1, 0.15) is 6.61 Å². The number of carbonyl (C=O) groups excluding carboxylic acids is 1. The summed E-state index contributed by atoms with van der Waals surface area (Å²) in [6.07, 6.45) is 1.59. The zero-order valence-electron chi connectivity index (χ0n) is 16.8. The van der Waals surface area contributed by atoms with Gasteiger partial charge in [0.25, 0.3) is 0 Å². The van der Waals surface area contributed by atoms with Crippen molar-refractivity contribution >= 4 is 57.1 Å². The predicted molar refractivity (Wildman–Crippen MR) is 129 cm³/mol. The highest BCUT2D eigenvalue weighted by atomic mass is 79.9. The minimum absolute atomic E-state index is 0.156. The van der Waals surface area contributed by atoms with Gasteiger partial charge in [0.2, 0.25) is 5.90 Å². The lowest BCUT2D eigenvalue weighted by Gasteiger charge is -2.13. The molecule has 0 radical (unpaired) electrons. The van der Waals surface area contributed by atoms with Crippen molar-refractivity contribution in [3.63, 3.8) is 0 Å². The maximum absolute atomic E-state index is 12.3. The molecule has 0 atom stereocenters. The first-order valence-corrected chi connectivity index (χ1v) is 11.0. The number of ether oxygens (including phenoxy) is 3. The lowest BCUT2D eigenvalue weighted by atomic mass is 10.1. The van der Waals surface area contributed by atoms with Crippen molar-refractivity contribution in [1.29, 1.82) is 0 Å². The number of hydrogen-bond acceptors (Lipinski definition) is 5. The summed E-state index contributed by atoms with van der Waals surface area (Å²) in [4.78, 5) is 16.7. The molecule has 0 spiro atoms. The molecule has 0 unspecified atom stereocenters. The highest BCUT2D eigenvalue weighted by Crippen LogP contribution is 2.38. The van der Waals surface area contributed by atoms with E-state index in [4.69, 9.17) is 37.4 Å². The standard InChI is InChI=1S/C24H16BrCl2NO4/c1-30-21-12-15(10-19(27)22(21)31-13-14-6-8-16(26)9-7-14)11-20-24(29)32-23(28-20)17-4-2-3-5-18(17)25/h2-12H,13H2,1H3/b20-11-. The smallest absolute Gasteiger partial charge is 0.363 e. The number of aliphatic imine (C=N–C) groups is 1. The van der Waals surface area contributed by atoms with Gasteiger partial charge in [-0.25, -0.2) is 9.79 Å². The van der Waals surface area contributed by atoms with Gasteiger partial charge >= 0.3 is 5.97 Å². The summed E-state index contributed by atoms with van der Waals surface area (Å²) in [5, 5.41) is 0.990. The fourth-order valence-electron chi connectivity index (χ4n) is 3.02. The minimum Gasteiger partial charge on any atom is -0.493 e. The van der Waals surface area contributed by atoms with Crippen LogP contribution in [0.25, 0.3) is 6.08 Å². The Hall–Kier alpha value is -2.80. The molecular weight excluding hydrogens is 517 g/mol. The van der Waals surface area contributed by atoms with E-state index in [2.05, 4.69) is 20.9 Å². The van der Waals surface area contributed by atoms with Gasteiger partial charge < -0.3 is 14.2 Å². The van der Waals surface area contributed by atoms with Crippen LogP contribution < -0.4 is 9.47 Å². The van der Waals surface area contributed by atoms with Gasteiger partial charge in [0, 0.05) is 9.50 Å². The van der Waals surface area contributed by atoms with Gasteiger partial charge in [-0.05, 0) is 69.5 Å². The fourth-order valence-corrected chi connectivity index (χ4v) is 3.87. The summed E-state index contributed by atoms with van der Waals surface area (Å²) >= 11 is 15.8. The largest absolute Gasteiger partial charge is 0.493 e. The maximum Gasteiger partial charge on any atom is 0.363 e. The van der Waals surface area contributed by atoms with Crippen molar-refractivity contribution in [3.8, 4) is 11.5 Å². The molecular formula is C24H16BrCl2NO4. The number of halogens is 3. The SMILES string of the molecule is COc1cc(/C=C2\N=C(c3ccccc3Br)OC2=O)cc(Cl)c1OCc1ccc(Cl)cc1. The lowest BCUT2D eigenvalue weighted by Crippen LogP contribution is -2.05. The highest BCUT2D eigenvalue weighted by molar-refractivity contribution is 9.10. The second-order valence-corrected chi connectivity index (χ2v) is 8.46. The van der Waals surface area contributed by atoms with Crippen LogP contribution in [-0.2, 0) is 16.1 Å². The molecule has 0 N–H and O–H groups in total. The molecule has 0 saturated carbocycles. The van der Waals surface area contributed by atoms with Crippen LogP contribution in [0.2, 0.25) is 10.0 Å². The van der Waals surface area contributed by atoms with Gasteiger partial charge in [0.05, 0.1) is 17.7 Å². The topological polar surface area (TPSA) is 57.1 Å². The molecule has 1 heterocycles. The van der Waals surface area contributed by atoms with Gasteiger partial charge in [-0.2, -0.15) is 0 Å². The van der Waals surface area contributed by atoms with Crippen molar-refractivity contribution < 1.29 is 19.0 Å². The third kappa shape index (κ3) is 4.99. The monoisotopic (exact) mass is 531 g/mol. The molecule has 0 fully saturated rings. The predicted octanol–water partition coefficient (Wildman–Crippen LogP) is 6.69. The molecule has 162 valence electrons. The molecule has 8 heteroatoms. The van der Waals surface area contributed by atoms with Crippen LogP contribution in [0.3, 0.4) is 0 Å². The van der Waals surface area contributed by atoms with E-state index >= 15 is 0 Å². The number of benzene rings is 3. The second kappa shape index (κ2) is 9.77. The van der Waals surface area contributed by atoms with Gasteiger partial charge in [-0.3, -0.25) is 0 Å². The zero-order chi connectivity index (χ0) is 22.7. The summed E-state index contributed by atoms with van der Waals surface area (Å²) in [6, 6.07) is 18.1. The molecule has 0 bridgehead atoms. The third-order valence-electron chi connectivity index (χ3n) is 4.58. The molecule has 5 nitrogen and oxygen atoms in total. The van der Waals surface area contributed by atoms with Crippen molar-refractivity contribution in [2.75, 3.05) is 7.11 Å². The molecule has 0 aliphatic carbocycles. The fraction of sp³-hybridized carbons (Fsp3) is 0.0833. The summed E-state index contributed by atoms with van der Waals surface area (Å²) < 4.78 is 17.4. The number of esters is 1. The average molecular weight is 533 g/mol. The average Bonchev–Trinajstić information content (AvgIpc) is 3.14. The molecule has 0 amide bonds. The van der Waals surface area contributed by atoms with Crippen LogP contribution in [0, 0.1) is 0 Å². The molecule has 1 aliphatic heterocycles. The lowest BCUT2D eigenvalue weighted by molar-refractivity contribution is -0.129. The van der Waals surface area contributed by atoms with Gasteiger partial charge in [-0.15, -0.1) is 0 Å². The third-order valence-corrected chi connectivity index (χ3v) is 5.80. The van der Waals surface area contributed by atoms with Crippen LogP contribution in [0.5, 0.6) is 11.5 Å². The highest BCUT2D eigenvalue weighted by Gasteiger charge is 2.25. The quantitative estimate of drug-likeness (QED) is 0.262. The molecule has 3 aromatic carbocycles. The minimum atomic E-state index is -0.547. The van der Waals surface area contributed by atoms with Gasteiger partial charge in [-0.1, -0.05) is 47.5 Å². The van der Waals surface area contributed by atoms with Crippen LogP contribution in [0.1, 0.15) is 16.7 Å². The van der Waals surface area contributed by atoms with E-state index < -0.39 is 5.97 Å². The molecule has 0 saturated heterocycles. The van der Waals surface area contributed by atoms with Crippen LogP contribution >= 0.6 is 39.1 Å². The first-order chi connectivity index (χ1) is 15.4. The normalized spacial score (nSPS) is 14.3. The van der Waals surface area contributed by atoms with Crippen molar-refractivity contribution in [3.05, 3.63) is 97.6 Å². The van der Waals surface area contributed by atoms with Gasteiger partial charge in [0.15, 0.2) is 17.2 Å². The van der Waals surface area contributed by atoms with E-state index in [1.807, 2.05) is 36.4 Å². The van der Waals surface area contributed by atoms with Crippen LogP contribution in [-0.4, -0.2) is 19.0 Å². The second-order valence-electron chi connectivity index (χ2n) is 6.77. The summed E-state index contributed by atoms with van der Waals surface area (Å²) in [6.45, 7) is 0.291.